The summed E-state index contributed by atoms with van der Waals surface area (Å²) in [4.78, 5) is 0.463. The van der Waals surface area contributed by atoms with Crippen molar-refractivity contribution in [1.29, 1.82) is 0 Å². The number of hydrogen-bond donors (Lipinski definition) is 0. The summed E-state index contributed by atoms with van der Waals surface area (Å²) in [5, 5.41) is 0. The standard InChI is InChI=1S/C12H15Br2F/c1-3-10(8(2)13)4-9-5-11(14)7-12(15)6-9/h5-8,10H,3-4H2,1-2H3. The number of hydrogen-bond acceptors (Lipinski definition) is 0. The van der Waals surface area contributed by atoms with Crippen LogP contribution in [0.1, 0.15) is 25.8 Å². The summed E-state index contributed by atoms with van der Waals surface area (Å²) in [6, 6.07) is 5.09. The van der Waals surface area contributed by atoms with E-state index >= 15 is 0 Å². The van der Waals surface area contributed by atoms with Crippen LogP contribution in [0.5, 0.6) is 0 Å². The minimum absolute atomic E-state index is 0.170. The van der Waals surface area contributed by atoms with Crippen molar-refractivity contribution in [3.63, 3.8) is 0 Å². The van der Waals surface area contributed by atoms with E-state index in [-0.39, 0.29) is 5.82 Å². The van der Waals surface area contributed by atoms with Crippen molar-refractivity contribution in [1.82, 2.24) is 0 Å². The molecule has 1 aromatic carbocycles. The van der Waals surface area contributed by atoms with Gasteiger partial charge in [0.25, 0.3) is 0 Å². The average molecular weight is 338 g/mol. The Hall–Kier alpha value is 0.110. The van der Waals surface area contributed by atoms with Crippen LogP contribution < -0.4 is 0 Å². The fourth-order valence-corrected chi connectivity index (χ4v) is 2.74. The summed E-state index contributed by atoms with van der Waals surface area (Å²) >= 11 is 6.90. The van der Waals surface area contributed by atoms with Crippen LogP contribution >= 0.6 is 31.9 Å². The van der Waals surface area contributed by atoms with E-state index in [1.807, 2.05) is 6.07 Å². The fraction of sp³-hybridized carbons (Fsp3) is 0.500. The molecule has 1 rings (SSSR count). The average Bonchev–Trinajstić information content (AvgIpc) is 2.12. The number of halogens is 3. The van der Waals surface area contributed by atoms with Crippen molar-refractivity contribution < 1.29 is 4.39 Å². The molecule has 84 valence electrons. The maximum absolute atomic E-state index is 13.1. The first kappa shape index (κ1) is 13.2. The summed E-state index contributed by atoms with van der Waals surface area (Å²) in [7, 11) is 0. The van der Waals surface area contributed by atoms with Crippen LogP contribution in [-0.4, -0.2) is 4.83 Å². The Kier molecular flexibility index (Phi) is 5.27. The van der Waals surface area contributed by atoms with Gasteiger partial charge >= 0.3 is 0 Å². The lowest BCUT2D eigenvalue weighted by Gasteiger charge is -2.17. The zero-order chi connectivity index (χ0) is 11.4. The second kappa shape index (κ2) is 6.00. The molecule has 0 aliphatic rings. The largest absolute Gasteiger partial charge is 0.207 e. The van der Waals surface area contributed by atoms with Crippen molar-refractivity contribution in [3.8, 4) is 0 Å². The Balaban J connectivity index is 2.79. The van der Waals surface area contributed by atoms with Gasteiger partial charge in [0.05, 0.1) is 0 Å². The minimum atomic E-state index is -0.170. The predicted octanol–water partition coefficient (Wildman–Crippen LogP) is 4.94. The molecule has 2 atom stereocenters. The molecular weight excluding hydrogens is 323 g/mol. The Morgan fingerprint density at radius 1 is 1.33 bits per heavy atom. The Bertz CT molecular complexity index is 303. The Morgan fingerprint density at radius 3 is 2.47 bits per heavy atom. The van der Waals surface area contributed by atoms with Crippen LogP contribution in [0.4, 0.5) is 4.39 Å². The van der Waals surface area contributed by atoms with Crippen molar-refractivity contribution in [2.24, 2.45) is 5.92 Å². The maximum Gasteiger partial charge on any atom is 0.124 e. The normalized spacial score (nSPS) is 15.0. The molecule has 0 saturated heterocycles. The summed E-state index contributed by atoms with van der Waals surface area (Å²) in [6.07, 6.45) is 2.01. The van der Waals surface area contributed by atoms with Crippen LogP contribution in [-0.2, 0) is 6.42 Å². The first-order chi connectivity index (χ1) is 7.02. The highest BCUT2D eigenvalue weighted by molar-refractivity contribution is 9.10. The molecule has 0 amide bonds. The van der Waals surface area contributed by atoms with E-state index < -0.39 is 0 Å². The molecular formula is C12H15Br2F. The quantitative estimate of drug-likeness (QED) is 0.682. The molecule has 0 N–H and O–H groups in total. The van der Waals surface area contributed by atoms with Gasteiger partial charge in [0, 0.05) is 9.30 Å². The predicted molar refractivity (Wildman–Crippen MR) is 70.0 cm³/mol. The molecule has 0 nitrogen and oxygen atoms in total. The fourth-order valence-electron chi connectivity index (χ4n) is 1.66. The van der Waals surface area contributed by atoms with E-state index in [4.69, 9.17) is 0 Å². The number of benzene rings is 1. The van der Waals surface area contributed by atoms with Gasteiger partial charge in [-0.1, -0.05) is 52.1 Å². The zero-order valence-corrected chi connectivity index (χ0v) is 12.1. The summed E-state index contributed by atoms with van der Waals surface area (Å²) in [5.41, 5.74) is 1.06. The molecule has 0 aliphatic heterocycles. The summed E-state index contributed by atoms with van der Waals surface area (Å²) < 4.78 is 14.0. The van der Waals surface area contributed by atoms with Crippen molar-refractivity contribution in [2.45, 2.75) is 31.5 Å². The van der Waals surface area contributed by atoms with Crippen LogP contribution in [0.15, 0.2) is 22.7 Å². The van der Waals surface area contributed by atoms with E-state index in [9.17, 15) is 4.39 Å². The van der Waals surface area contributed by atoms with Gasteiger partial charge in [-0.15, -0.1) is 0 Å². The molecule has 0 spiro atoms. The second-order valence-electron chi connectivity index (χ2n) is 3.83. The molecule has 2 unspecified atom stereocenters. The van der Waals surface area contributed by atoms with Gasteiger partial charge < -0.3 is 0 Å². The van der Waals surface area contributed by atoms with Crippen LogP contribution in [0.3, 0.4) is 0 Å². The van der Waals surface area contributed by atoms with Crippen LogP contribution in [0.2, 0.25) is 0 Å². The maximum atomic E-state index is 13.1. The van der Waals surface area contributed by atoms with Crippen molar-refractivity contribution in [3.05, 3.63) is 34.1 Å². The third kappa shape index (κ3) is 4.23. The molecule has 0 fully saturated rings. The molecule has 15 heavy (non-hydrogen) atoms. The van der Waals surface area contributed by atoms with E-state index in [0.717, 1.165) is 22.9 Å². The first-order valence-corrected chi connectivity index (χ1v) is 6.82. The minimum Gasteiger partial charge on any atom is -0.207 e. The highest BCUT2D eigenvalue weighted by atomic mass is 79.9. The highest BCUT2D eigenvalue weighted by Gasteiger charge is 2.13. The van der Waals surface area contributed by atoms with Gasteiger partial charge in [-0.2, -0.15) is 0 Å². The number of rotatable bonds is 4. The van der Waals surface area contributed by atoms with E-state index in [1.165, 1.54) is 6.07 Å². The SMILES string of the molecule is CCC(Cc1cc(F)cc(Br)c1)C(C)Br. The first-order valence-electron chi connectivity index (χ1n) is 5.12. The molecule has 0 radical (unpaired) electrons. The van der Waals surface area contributed by atoms with Gasteiger partial charge in [0.2, 0.25) is 0 Å². The molecule has 0 aromatic heterocycles. The second-order valence-corrected chi connectivity index (χ2v) is 6.19. The molecule has 0 saturated carbocycles. The van der Waals surface area contributed by atoms with E-state index in [2.05, 4.69) is 45.7 Å². The lowest BCUT2D eigenvalue weighted by atomic mass is 9.94. The molecule has 1 aromatic rings. The molecule has 3 heteroatoms. The van der Waals surface area contributed by atoms with Gasteiger partial charge in [0.15, 0.2) is 0 Å². The Labute approximate surface area is 108 Å². The molecule has 0 bridgehead atoms. The monoisotopic (exact) mass is 336 g/mol. The van der Waals surface area contributed by atoms with Crippen LogP contribution in [0, 0.1) is 11.7 Å². The van der Waals surface area contributed by atoms with E-state index in [1.54, 1.807) is 6.07 Å². The zero-order valence-electron chi connectivity index (χ0n) is 8.93. The highest BCUT2D eigenvalue weighted by Crippen LogP contribution is 2.23. The smallest absolute Gasteiger partial charge is 0.124 e. The molecule has 0 heterocycles. The van der Waals surface area contributed by atoms with Crippen LogP contribution in [0.25, 0.3) is 0 Å². The van der Waals surface area contributed by atoms with E-state index in [0.29, 0.717) is 10.7 Å². The topological polar surface area (TPSA) is 0 Å². The van der Waals surface area contributed by atoms with Gasteiger partial charge in [-0.3, -0.25) is 0 Å². The third-order valence-electron chi connectivity index (χ3n) is 2.59. The summed E-state index contributed by atoms with van der Waals surface area (Å²) in [6.45, 7) is 4.30. The summed E-state index contributed by atoms with van der Waals surface area (Å²) in [5.74, 6) is 0.384. The van der Waals surface area contributed by atoms with Crippen molar-refractivity contribution in [2.75, 3.05) is 0 Å². The number of alkyl halides is 1. The van der Waals surface area contributed by atoms with Gasteiger partial charge in [0.1, 0.15) is 5.82 Å². The third-order valence-corrected chi connectivity index (χ3v) is 3.80. The lowest BCUT2D eigenvalue weighted by Crippen LogP contribution is -2.13. The Morgan fingerprint density at radius 2 is 2.00 bits per heavy atom. The van der Waals surface area contributed by atoms with Crippen molar-refractivity contribution >= 4 is 31.9 Å². The van der Waals surface area contributed by atoms with Gasteiger partial charge in [-0.25, -0.2) is 4.39 Å². The lowest BCUT2D eigenvalue weighted by molar-refractivity contribution is 0.506. The molecule has 0 aliphatic carbocycles. The van der Waals surface area contributed by atoms with Gasteiger partial charge in [-0.05, 0) is 36.1 Å².